The molecule has 0 aliphatic rings. The van der Waals surface area contributed by atoms with Crippen molar-refractivity contribution in [3.05, 3.63) is 48.6 Å². The van der Waals surface area contributed by atoms with Crippen LogP contribution in [-0.4, -0.2) is 37.2 Å². The molecular weight excluding hydrogens is 961 g/mol. The first-order valence-electron chi connectivity index (χ1n) is 34.6. The summed E-state index contributed by atoms with van der Waals surface area (Å²) in [4.78, 5) is 38.4. The van der Waals surface area contributed by atoms with Crippen molar-refractivity contribution < 1.29 is 28.6 Å². The lowest BCUT2D eigenvalue weighted by Gasteiger charge is -2.18. The highest BCUT2D eigenvalue weighted by atomic mass is 16.6. The second-order valence-corrected chi connectivity index (χ2v) is 23.4. The highest BCUT2D eigenvalue weighted by molar-refractivity contribution is 5.71. The van der Waals surface area contributed by atoms with E-state index in [-0.39, 0.29) is 31.1 Å². The first kappa shape index (κ1) is 75.4. The average Bonchev–Trinajstić information content (AvgIpc) is 3.44. The summed E-state index contributed by atoms with van der Waals surface area (Å²) in [5.74, 6) is -0.872. The van der Waals surface area contributed by atoms with Crippen molar-refractivity contribution in [1.29, 1.82) is 0 Å². The summed E-state index contributed by atoms with van der Waals surface area (Å²) in [5, 5.41) is 0. The molecule has 0 aromatic carbocycles. The van der Waals surface area contributed by atoms with Crippen LogP contribution in [0.4, 0.5) is 0 Å². The monoisotopic (exact) mass is 1090 g/mol. The van der Waals surface area contributed by atoms with Crippen LogP contribution >= 0.6 is 0 Å². The fourth-order valence-electron chi connectivity index (χ4n) is 10.3. The average molecular weight is 1090 g/mol. The maximum absolute atomic E-state index is 12.9. The summed E-state index contributed by atoms with van der Waals surface area (Å²) in [6.45, 7) is 6.66. The summed E-state index contributed by atoms with van der Waals surface area (Å²) in [5.41, 5.74) is 0. The van der Waals surface area contributed by atoms with Gasteiger partial charge in [-0.25, -0.2) is 0 Å². The standard InChI is InChI=1S/C72H132O6/c1-4-7-10-13-16-19-22-25-28-30-32-33-34-35-36-37-38-39-40-42-44-47-50-53-56-59-62-65-71(74)77-68-69(67-76-70(73)64-61-58-55-52-49-46-43-27-24-21-18-15-12-9-6-3)78-72(75)66-63-60-57-54-51-48-45-41-31-29-26-23-20-17-14-11-8-5-2/h18,21,27,29-32,43,69H,4-17,19-20,22-26,28,33-42,44-68H2,1-3H3/b21-18-,31-29-,32-30-,43-27-. The first-order valence-corrected chi connectivity index (χ1v) is 34.6. The number of carbonyl (C=O) groups excluding carboxylic acids is 3. The third-order valence-corrected chi connectivity index (χ3v) is 15.5. The van der Waals surface area contributed by atoms with Crippen molar-refractivity contribution in [3.63, 3.8) is 0 Å². The van der Waals surface area contributed by atoms with Crippen molar-refractivity contribution in [2.75, 3.05) is 13.2 Å². The molecule has 0 aliphatic heterocycles. The molecule has 0 amide bonds. The van der Waals surface area contributed by atoms with Crippen LogP contribution in [0.3, 0.4) is 0 Å². The molecule has 0 aliphatic carbocycles. The summed E-state index contributed by atoms with van der Waals surface area (Å²) >= 11 is 0. The van der Waals surface area contributed by atoms with E-state index in [4.69, 9.17) is 14.2 Å². The van der Waals surface area contributed by atoms with Crippen LogP contribution in [0.25, 0.3) is 0 Å². The van der Waals surface area contributed by atoms with E-state index in [1.54, 1.807) is 0 Å². The molecule has 0 aromatic rings. The van der Waals surface area contributed by atoms with Crippen LogP contribution in [0.15, 0.2) is 48.6 Å². The Kier molecular flexibility index (Phi) is 64.6. The lowest BCUT2D eigenvalue weighted by atomic mass is 10.0. The molecule has 0 saturated carbocycles. The fraction of sp³-hybridized carbons (Fsp3) is 0.847. The van der Waals surface area contributed by atoms with Crippen LogP contribution < -0.4 is 0 Å². The lowest BCUT2D eigenvalue weighted by Crippen LogP contribution is -2.30. The van der Waals surface area contributed by atoms with Gasteiger partial charge in [0, 0.05) is 19.3 Å². The lowest BCUT2D eigenvalue weighted by molar-refractivity contribution is -0.167. The molecule has 0 N–H and O–H groups in total. The zero-order chi connectivity index (χ0) is 56.4. The van der Waals surface area contributed by atoms with E-state index in [1.165, 1.54) is 257 Å². The van der Waals surface area contributed by atoms with Crippen LogP contribution in [0, 0.1) is 0 Å². The second kappa shape index (κ2) is 66.9. The van der Waals surface area contributed by atoms with Gasteiger partial charge in [-0.1, -0.05) is 301 Å². The third-order valence-electron chi connectivity index (χ3n) is 15.5. The Balaban J connectivity index is 4.26. The minimum absolute atomic E-state index is 0.0762. The highest BCUT2D eigenvalue weighted by Gasteiger charge is 2.19. The molecule has 0 fully saturated rings. The Morgan fingerprint density at radius 2 is 0.462 bits per heavy atom. The predicted molar refractivity (Wildman–Crippen MR) is 339 cm³/mol. The van der Waals surface area contributed by atoms with Gasteiger partial charge in [-0.3, -0.25) is 14.4 Å². The molecule has 0 aromatic heterocycles. The molecule has 6 nitrogen and oxygen atoms in total. The van der Waals surface area contributed by atoms with E-state index < -0.39 is 6.10 Å². The normalized spacial score (nSPS) is 12.3. The van der Waals surface area contributed by atoms with Crippen molar-refractivity contribution >= 4 is 17.9 Å². The zero-order valence-corrected chi connectivity index (χ0v) is 52.5. The molecule has 0 bridgehead atoms. The summed E-state index contributed by atoms with van der Waals surface area (Å²) in [6, 6.07) is 0. The second-order valence-electron chi connectivity index (χ2n) is 23.4. The van der Waals surface area contributed by atoms with Gasteiger partial charge in [-0.05, 0) is 103 Å². The van der Waals surface area contributed by atoms with Crippen LogP contribution in [0.1, 0.15) is 374 Å². The topological polar surface area (TPSA) is 78.9 Å². The smallest absolute Gasteiger partial charge is 0.306 e. The van der Waals surface area contributed by atoms with E-state index in [9.17, 15) is 14.4 Å². The minimum Gasteiger partial charge on any atom is -0.462 e. The number of esters is 3. The van der Waals surface area contributed by atoms with Gasteiger partial charge in [0.25, 0.3) is 0 Å². The zero-order valence-electron chi connectivity index (χ0n) is 52.5. The molecule has 0 spiro atoms. The highest BCUT2D eigenvalue weighted by Crippen LogP contribution is 2.17. The number of hydrogen-bond donors (Lipinski definition) is 0. The van der Waals surface area contributed by atoms with Gasteiger partial charge in [0.2, 0.25) is 0 Å². The Bertz CT molecular complexity index is 1350. The van der Waals surface area contributed by atoms with E-state index in [2.05, 4.69) is 69.4 Å². The SMILES string of the molecule is CCCCC/C=C\C/C=C\CCCCCCCC(=O)OCC(COC(=O)CCCCCCCCCCCCCCCCC/C=C\CCCCCCCCCC)OC(=O)CCCCCCCCC/C=C\CCCCCCCCC. The van der Waals surface area contributed by atoms with Crippen molar-refractivity contribution in [2.24, 2.45) is 0 Å². The van der Waals surface area contributed by atoms with Gasteiger partial charge in [0.1, 0.15) is 13.2 Å². The number of allylic oxidation sites excluding steroid dienone is 8. The van der Waals surface area contributed by atoms with Crippen molar-refractivity contribution in [2.45, 2.75) is 380 Å². The van der Waals surface area contributed by atoms with Crippen LogP contribution in [0.2, 0.25) is 0 Å². The van der Waals surface area contributed by atoms with E-state index in [0.717, 1.165) is 77.0 Å². The summed E-state index contributed by atoms with van der Waals surface area (Å²) in [6.07, 6.45) is 84.2. The Morgan fingerprint density at radius 3 is 0.744 bits per heavy atom. The number of hydrogen-bond acceptors (Lipinski definition) is 6. The van der Waals surface area contributed by atoms with Crippen LogP contribution in [0.5, 0.6) is 0 Å². The van der Waals surface area contributed by atoms with E-state index >= 15 is 0 Å². The van der Waals surface area contributed by atoms with Gasteiger partial charge in [-0.2, -0.15) is 0 Å². The molecule has 6 heteroatoms. The Labute approximate surface area is 486 Å². The van der Waals surface area contributed by atoms with E-state index in [0.29, 0.717) is 19.3 Å². The molecule has 0 saturated heterocycles. The molecule has 456 valence electrons. The molecule has 1 atom stereocenters. The maximum atomic E-state index is 12.9. The van der Waals surface area contributed by atoms with Gasteiger partial charge >= 0.3 is 17.9 Å². The van der Waals surface area contributed by atoms with E-state index in [1.807, 2.05) is 0 Å². The fourth-order valence-corrected chi connectivity index (χ4v) is 10.3. The maximum Gasteiger partial charge on any atom is 0.306 e. The van der Waals surface area contributed by atoms with Crippen molar-refractivity contribution in [3.8, 4) is 0 Å². The summed E-state index contributed by atoms with van der Waals surface area (Å²) < 4.78 is 17.0. The first-order chi connectivity index (χ1) is 38.5. The third kappa shape index (κ3) is 64.2. The van der Waals surface area contributed by atoms with Gasteiger partial charge in [0.05, 0.1) is 0 Å². The molecular formula is C72H132O6. The Morgan fingerprint density at radius 1 is 0.256 bits per heavy atom. The quantitative estimate of drug-likeness (QED) is 0.0261. The Hall–Kier alpha value is -2.63. The number of ether oxygens (including phenoxy) is 3. The van der Waals surface area contributed by atoms with Gasteiger partial charge in [0.15, 0.2) is 6.10 Å². The molecule has 78 heavy (non-hydrogen) atoms. The molecule has 0 heterocycles. The number of unbranched alkanes of at least 4 members (excludes halogenated alkanes) is 45. The van der Waals surface area contributed by atoms with Gasteiger partial charge < -0.3 is 14.2 Å². The van der Waals surface area contributed by atoms with Gasteiger partial charge in [-0.15, -0.1) is 0 Å². The van der Waals surface area contributed by atoms with Crippen molar-refractivity contribution in [1.82, 2.24) is 0 Å². The molecule has 1 unspecified atom stereocenters. The molecule has 0 rings (SSSR count). The van der Waals surface area contributed by atoms with Crippen LogP contribution in [-0.2, 0) is 28.6 Å². The summed E-state index contributed by atoms with van der Waals surface area (Å²) in [7, 11) is 0. The largest absolute Gasteiger partial charge is 0.462 e. The number of rotatable bonds is 64. The molecule has 0 radical (unpaired) electrons. The number of carbonyl (C=O) groups is 3. The predicted octanol–water partition coefficient (Wildman–Crippen LogP) is 23.7. The minimum atomic E-state index is -0.781.